The van der Waals surface area contributed by atoms with Crippen LogP contribution >= 0.6 is 0 Å². The molecule has 1 aromatic rings. The van der Waals surface area contributed by atoms with Crippen LogP contribution in [-0.4, -0.2) is 20.8 Å². The van der Waals surface area contributed by atoms with Crippen molar-refractivity contribution in [3.63, 3.8) is 0 Å². The summed E-state index contributed by atoms with van der Waals surface area (Å²) in [5.41, 5.74) is 0.916. The molecule has 2 rings (SSSR count). The summed E-state index contributed by atoms with van der Waals surface area (Å²) in [4.78, 5) is 0. The Hall–Kier alpha value is -1.33. The lowest BCUT2D eigenvalue weighted by atomic mass is 10.1. The molecule has 0 unspecified atom stereocenters. The Morgan fingerprint density at radius 2 is 2.13 bits per heavy atom. The van der Waals surface area contributed by atoms with Crippen molar-refractivity contribution in [2.45, 2.75) is 45.6 Å². The zero-order chi connectivity index (χ0) is 16.7. The van der Waals surface area contributed by atoms with Crippen LogP contribution in [0.1, 0.15) is 51.1 Å². The molecule has 128 valence electrons. The fourth-order valence-corrected chi connectivity index (χ4v) is 3.40. The third kappa shape index (κ3) is 6.75. The van der Waals surface area contributed by atoms with E-state index in [1.54, 1.807) is 6.08 Å². The van der Waals surface area contributed by atoms with E-state index in [9.17, 15) is 8.42 Å². The molecule has 0 heterocycles. The van der Waals surface area contributed by atoms with Crippen LogP contribution in [0.3, 0.4) is 0 Å². The maximum atomic E-state index is 12.1. The number of hydrogen-bond donors (Lipinski definition) is 1. The minimum absolute atomic E-state index is 0.0230. The van der Waals surface area contributed by atoms with Crippen molar-refractivity contribution < 1.29 is 13.2 Å². The van der Waals surface area contributed by atoms with Gasteiger partial charge in [-0.15, -0.1) is 0 Å². The summed E-state index contributed by atoms with van der Waals surface area (Å²) < 4.78 is 32.7. The van der Waals surface area contributed by atoms with Gasteiger partial charge >= 0.3 is 0 Å². The molecule has 1 atom stereocenters. The second-order valence-corrected chi connectivity index (χ2v) is 8.01. The molecule has 5 heteroatoms. The molecule has 0 aromatic heterocycles. The standard InChI is InChI=1S/C18H27NO3S/c1-3-4-5-6-12-23(20,21)19-15(2)17-8-7-9-18(13-17)22-14-16-10-11-16/h5-9,13,15-16,19H,3-4,10-12,14H2,1-2H3/b6-5+/t15-/m1/s1. The van der Waals surface area contributed by atoms with Crippen molar-refractivity contribution >= 4 is 10.0 Å². The van der Waals surface area contributed by atoms with Gasteiger partial charge in [0.15, 0.2) is 0 Å². The van der Waals surface area contributed by atoms with Crippen LogP contribution in [-0.2, 0) is 10.0 Å². The zero-order valence-electron chi connectivity index (χ0n) is 14.0. The number of unbranched alkanes of at least 4 members (excludes halogenated alkanes) is 1. The number of ether oxygens (including phenoxy) is 1. The minimum Gasteiger partial charge on any atom is -0.493 e. The second-order valence-electron chi connectivity index (χ2n) is 6.21. The van der Waals surface area contributed by atoms with Gasteiger partial charge in [-0.2, -0.15) is 0 Å². The molecule has 0 amide bonds. The first-order valence-electron chi connectivity index (χ1n) is 8.38. The van der Waals surface area contributed by atoms with Gasteiger partial charge < -0.3 is 4.74 Å². The lowest BCUT2D eigenvalue weighted by Gasteiger charge is -2.15. The molecule has 0 spiro atoms. The molecule has 0 bridgehead atoms. The normalized spacial score (nSPS) is 16.6. The molecule has 1 N–H and O–H groups in total. The lowest BCUT2D eigenvalue weighted by Crippen LogP contribution is -2.28. The van der Waals surface area contributed by atoms with Crippen LogP contribution < -0.4 is 9.46 Å². The van der Waals surface area contributed by atoms with Gasteiger partial charge in [-0.05, 0) is 49.8 Å². The summed E-state index contributed by atoms with van der Waals surface area (Å²) in [6, 6.07) is 7.39. The topological polar surface area (TPSA) is 55.4 Å². The molecular weight excluding hydrogens is 310 g/mol. The summed E-state index contributed by atoms with van der Waals surface area (Å²) in [6.07, 6.45) is 8.06. The summed E-state index contributed by atoms with van der Waals surface area (Å²) in [5, 5.41) is 0. The summed E-state index contributed by atoms with van der Waals surface area (Å²) >= 11 is 0. The van der Waals surface area contributed by atoms with Crippen molar-refractivity contribution in [3.05, 3.63) is 42.0 Å². The van der Waals surface area contributed by atoms with Crippen LogP contribution in [0.15, 0.2) is 36.4 Å². The van der Waals surface area contributed by atoms with E-state index in [-0.39, 0.29) is 11.8 Å². The fourth-order valence-electron chi connectivity index (χ4n) is 2.24. The molecule has 0 saturated heterocycles. The first-order valence-corrected chi connectivity index (χ1v) is 10.0. The molecule has 1 aliphatic rings. The number of benzene rings is 1. The Morgan fingerprint density at radius 3 is 2.83 bits per heavy atom. The summed E-state index contributed by atoms with van der Waals surface area (Å²) in [6.45, 7) is 4.68. The van der Waals surface area contributed by atoms with E-state index in [1.807, 2.05) is 37.3 Å². The van der Waals surface area contributed by atoms with Gasteiger partial charge in [0.2, 0.25) is 10.0 Å². The average Bonchev–Trinajstić information content (AvgIpc) is 3.34. The minimum atomic E-state index is -3.32. The molecule has 4 nitrogen and oxygen atoms in total. The Kier molecular flexibility index (Phi) is 6.66. The second kappa shape index (κ2) is 8.50. The van der Waals surface area contributed by atoms with Gasteiger partial charge in [0.05, 0.1) is 12.4 Å². The van der Waals surface area contributed by atoms with Crippen LogP contribution in [0.5, 0.6) is 5.75 Å². The van der Waals surface area contributed by atoms with E-state index in [2.05, 4.69) is 11.6 Å². The van der Waals surface area contributed by atoms with Crippen LogP contribution in [0.2, 0.25) is 0 Å². The molecule has 0 radical (unpaired) electrons. The van der Waals surface area contributed by atoms with Gasteiger partial charge in [0, 0.05) is 6.04 Å². The third-order valence-electron chi connectivity index (χ3n) is 3.83. The van der Waals surface area contributed by atoms with E-state index in [4.69, 9.17) is 4.74 Å². The SMILES string of the molecule is CCC/C=C/CS(=O)(=O)N[C@H](C)c1cccc(OCC2CC2)c1. The largest absolute Gasteiger partial charge is 0.493 e. The van der Waals surface area contributed by atoms with Crippen molar-refractivity contribution in [1.29, 1.82) is 0 Å². The Bertz CT molecular complexity index is 621. The summed E-state index contributed by atoms with van der Waals surface area (Å²) in [7, 11) is -3.32. The molecule has 1 aliphatic carbocycles. The monoisotopic (exact) mass is 337 g/mol. The maximum Gasteiger partial charge on any atom is 0.215 e. The van der Waals surface area contributed by atoms with Gasteiger partial charge in [-0.25, -0.2) is 13.1 Å². The Balaban J connectivity index is 1.90. The van der Waals surface area contributed by atoms with Crippen molar-refractivity contribution in [2.75, 3.05) is 12.4 Å². The van der Waals surface area contributed by atoms with Gasteiger partial charge in [0.25, 0.3) is 0 Å². The molecule has 1 saturated carbocycles. The number of sulfonamides is 1. The molecule has 23 heavy (non-hydrogen) atoms. The smallest absolute Gasteiger partial charge is 0.215 e. The van der Waals surface area contributed by atoms with Gasteiger partial charge in [-0.3, -0.25) is 0 Å². The fraction of sp³-hybridized carbons (Fsp3) is 0.556. The van der Waals surface area contributed by atoms with Crippen molar-refractivity contribution in [1.82, 2.24) is 4.72 Å². The highest BCUT2D eigenvalue weighted by Gasteiger charge is 2.22. The number of hydrogen-bond acceptors (Lipinski definition) is 3. The maximum absolute atomic E-state index is 12.1. The highest BCUT2D eigenvalue weighted by atomic mass is 32.2. The third-order valence-corrected chi connectivity index (χ3v) is 5.18. The molecule has 1 aromatic carbocycles. The predicted octanol–water partition coefficient (Wildman–Crippen LogP) is 3.81. The Labute approximate surface area is 140 Å². The van der Waals surface area contributed by atoms with E-state index < -0.39 is 10.0 Å². The quantitative estimate of drug-likeness (QED) is 0.661. The first-order chi connectivity index (χ1) is 11.0. The highest BCUT2D eigenvalue weighted by Crippen LogP contribution is 2.30. The van der Waals surface area contributed by atoms with E-state index >= 15 is 0 Å². The molecule has 0 aliphatic heterocycles. The highest BCUT2D eigenvalue weighted by molar-refractivity contribution is 7.89. The van der Waals surface area contributed by atoms with Crippen molar-refractivity contribution in [2.24, 2.45) is 5.92 Å². The molecule has 1 fully saturated rings. The number of nitrogens with one attached hydrogen (secondary N) is 1. The summed E-state index contributed by atoms with van der Waals surface area (Å²) in [5.74, 6) is 1.53. The van der Waals surface area contributed by atoms with Crippen LogP contribution in [0.25, 0.3) is 0 Å². The van der Waals surface area contributed by atoms with E-state index in [1.165, 1.54) is 12.8 Å². The van der Waals surface area contributed by atoms with E-state index in [0.717, 1.165) is 30.8 Å². The van der Waals surface area contributed by atoms with E-state index in [0.29, 0.717) is 5.92 Å². The van der Waals surface area contributed by atoms with Gasteiger partial charge in [-0.1, -0.05) is 37.6 Å². The lowest BCUT2D eigenvalue weighted by molar-refractivity contribution is 0.299. The first kappa shape index (κ1) is 18.0. The average molecular weight is 337 g/mol. The van der Waals surface area contributed by atoms with Crippen molar-refractivity contribution in [3.8, 4) is 5.75 Å². The van der Waals surface area contributed by atoms with Crippen LogP contribution in [0.4, 0.5) is 0 Å². The predicted molar refractivity (Wildman–Crippen MR) is 94.0 cm³/mol. The number of rotatable bonds is 10. The molecular formula is C18H27NO3S. The number of allylic oxidation sites excluding steroid dienone is 1. The Morgan fingerprint density at radius 1 is 1.35 bits per heavy atom. The van der Waals surface area contributed by atoms with Crippen LogP contribution in [0, 0.1) is 5.92 Å². The zero-order valence-corrected chi connectivity index (χ0v) is 14.8. The van der Waals surface area contributed by atoms with Gasteiger partial charge in [0.1, 0.15) is 5.75 Å².